The van der Waals surface area contributed by atoms with Gasteiger partial charge in [0.2, 0.25) is 17.6 Å². The van der Waals surface area contributed by atoms with Gasteiger partial charge in [-0.05, 0) is 26.1 Å². The van der Waals surface area contributed by atoms with Gasteiger partial charge >= 0.3 is 0 Å². The van der Waals surface area contributed by atoms with Crippen LogP contribution in [-0.4, -0.2) is 41.0 Å². The summed E-state index contributed by atoms with van der Waals surface area (Å²) in [7, 11) is 3.45. The standard InChI is InChI=1S/C11H15N5O2/c1-12-7-3-4-9-13-11(16-18-9)8-5-6-10(17-2)15-14-8/h5-6,12H,3-4,7H2,1-2H3. The molecule has 0 saturated carbocycles. The Morgan fingerprint density at radius 2 is 2.22 bits per heavy atom. The lowest BCUT2D eigenvalue weighted by atomic mass is 10.3. The third-order valence-electron chi connectivity index (χ3n) is 2.36. The van der Waals surface area contributed by atoms with E-state index in [0.717, 1.165) is 19.4 Å². The SMILES string of the molecule is CNCCCc1nc(-c2ccc(OC)nn2)no1. The molecule has 0 unspecified atom stereocenters. The van der Waals surface area contributed by atoms with Crippen LogP contribution in [-0.2, 0) is 6.42 Å². The molecule has 0 aliphatic rings. The highest BCUT2D eigenvalue weighted by molar-refractivity contribution is 5.47. The normalized spacial score (nSPS) is 10.6. The Labute approximate surface area is 105 Å². The molecule has 1 N–H and O–H groups in total. The maximum atomic E-state index is 5.13. The predicted octanol–water partition coefficient (Wildman–Crippen LogP) is 0.687. The number of ether oxygens (including phenoxy) is 1. The van der Waals surface area contributed by atoms with Crippen molar-refractivity contribution in [3.8, 4) is 17.4 Å². The zero-order valence-corrected chi connectivity index (χ0v) is 10.4. The summed E-state index contributed by atoms with van der Waals surface area (Å²) in [6, 6.07) is 3.45. The average molecular weight is 249 g/mol. The molecule has 0 amide bonds. The summed E-state index contributed by atoms with van der Waals surface area (Å²) in [4.78, 5) is 4.26. The van der Waals surface area contributed by atoms with Gasteiger partial charge in [0.05, 0.1) is 7.11 Å². The van der Waals surface area contributed by atoms with Crippen molar-refractivity contribution in [1.82, 2.24) is 25.7 Å². The van der Waals surface area contributed by atoms with Gasteiger partial charge in [-0.15, -0.1) is 10.2 Å². The van der Waals surface area contributed by atoms with Crippen LogP contribution in [0.1, 0.15) is 12.3 Å². The predicted molar refractivity (Wildman–Crippen MR) is 64.1 cm³/mol. The number of rotatable bonds is 6. The molecule has 0 saturated heterocycles. The Hall–Kier alpha value is -2.02. The number of hydrogen-bond donors (Lipinski definition) is 1. The van der Waals surface area contributed by atoms with E-state index >= 15 is 0 Å². The van der Waals surface area contributed by atoms with Gasteiger partial charge in [-0.2, -0.15) is 4.98 Å². The third kappa shape index (κ3) is 3.01. The van der Waals surface area contributed by atoms with E-state index in [0.29, 0.717) is 23.3 Å². The first-order valence-electron chi connectivity index (χ1n) is 5.68. The highest BCUT2D eigenvalue weighted by atomic mass is 16.5. The Balaban J connectivity index is 2.04. The monoisotopic (exact) mass is 249 g/mol. The molecule has 0 aliphatic carbocycles. The highest BCUT2D eigenvalue weighted by Gasteiger charge is 2.10. The van der Waals surface area contributed by atoms with E-state index in [9.17, 15) is 0 Å². The third-order valence-corrected chi connectivity index (χ3v) is 2.36. The molecule has 18 heavy (non-hydrogen) atoms. The maximum absolute atomic E-state index is 5.13. The lowest BCUT2D eigenvalue weighted by Gasteiger charge is -1.96. The number of nitrogens with zero attached hydrogens (tertiary/aromatic N) is 4. The van der Waals surface area contributed by atoms with Gasteiger partial charge in [0.15, 0.2) is 0 Å². The lowest BCUT2D eigenvalue weighted by Crippen LogP contribution is -2.08. The topological polar surface area (TPSA) is 86.0 Å². The molecule has 0 atom stereocenters. The van der Waals surface area contributed by atoms with E-state index in [1.54, 1.807) is 12.1 Å². The van der Waals surface area contributed by atoms with Crippen molar-refractivity contribution in [2.75, 3.05) is 20.7 Å². The second-order valence-electron chi connectivity index (χ2n) is 3.68. The van der Waals surface area contributed by atoms with Gasteiger partial charge in [0.25, 0.3) is 0 Å². The molecule has 0 bridgehead atoms. The smallest absolute Gasteiger partial charge is 0.233 e. The molecule has 7 nitrogen and oxygen atoms in total. The van der Waals surface area contributed by atoms with Crippen molar-refractivity contribution < 1.29 is 9.26 Å². The summed E-state index contributed by atoms with van der Waals surface area (Å²) in [6.07, 6.45) is 1.70. The van der Waals surface area contributed by atoms with Crippen molar-refractivity contribution in [2.45, 2.75) is 12.8 Å². The van der Waals surface area contributed by atoms with E-state index in [-0.39, 0.29) is 0 Å². The Kier molecular flexibility index (Phi) is 4.19. The molecule has 0 spiro atoms. The summed E-state index contributed by atoms with van der Waals surface area (Å²) in [5.74, 6) is 1.51. The quantitative estimate of drug-likeness (QED) is 0.753. The number of nitrogens with one attached hydrogen (secondary N) is 1. The molecule has 0 aromatic carbocycles. The van der Waals surface area contributed by atoms with Crippen molar-refractivity contribution in [1.29, 1.82) is 0 Å². The fourth-order valence-corrected chi connectivity index (χ4v) is 1.43. The van der Waals surface area contributed by atoms with Gasteiger partial charge in [-0.25, -0.2) is 0 Å². The van der Waals surface area contributed by atoms with Crippen molar-refractivity contribution in [2.24, 2.45) is 0 Å². The molecule has 0 fully saturated rings. The summed E-state index contributed by atoms with van der Waals surface area (Å²) >= 11 is 0. The van der Waals surface area contributed by atoms with E-state index in [1.165, 1.54) is 7.11 Å². The Morgan fingerprint density at radius 3 is 2.89 bits per heavy atom. The largest absolute Gasteiger partial charge is 0.480 e. The van der Waals surface area contributed by atoms with Crippen LogP contribution in [0.25, 0.3) is 11.5 Å². The van der Waals surface area contributed by atoms with Crippen LogP contribution in [0.5, 0.6) is 5.88 Å². The van der Waals surface area contributed by atoms with Gasteiger partial charge in [-0.3, -0.25) is 0 Å². The molecule has 2 aromatic rings. The van der Waals surface area contributed by atoms with E-state index in [4.69, 9.17) is 9.26 Å². The first kappa shape index (κ1) is 12.4. The van der Waals surface area contributed by atoms with Gasteiger partial charge < -0.3 is 14.6 Å². The minimum atomic E-state index is 0.449. The van der Waals surface area contributed by atoms with Crippen molar-refractivity contribution >= 4 is 0 Å². The summed E-state index contributed by atoms with van der Waals surface area (Å²) in [5.41, 5.74) is 0.569. The number of methoxy groups -OCH3 is 1. The minimum absolute atomic E-state index is 0.449. The van der Waals surface area contributed by atoms with Crippen LogP contribution < -0.4 is 10.1 Å². The van der Waals surface area contributed by atoms with Crippen LogP contribution in [0.2, 0.25) is 0 Å². The zero-order valence-electron chi connectivity index (χ0n) is 10.4. The van der Waals surface area contributed by atoms with E-state index in [1.807, 2.05) is 7.05 Å². The van der Waals surface area contributed by atoms with Gasteiger partial charge in [0, 0.05) is 12.5 Å². The highest BCUT2D eigenvalue weighted by Crippen LogP contribution is 2.14. The molecule has 96 valence electrons. The number of aryl methyl sites for hydroxylation is 1. The Morgan fingerprint density at radius 1 is 1.33 bits per heavy atom. The lowest BCUT2D eigenvalue weighted by molar-refractivity contribution is 0.375. The van der Waals surface area contributed by atoms with Crippen molar-refractivity contribution in [3.05, 3.63) is 18.0 Å². The Bertz CT molecular complexity index is 482. The van der Waals surface area contributed by atoms with E-state index < -0.39 is 0 Å². The minimum Gasteiger partial charge on any atom is -0.480 e. The fourth-order valence-electron chi connectivity index (χ4n) is 1.43. The van der Waals surface area contributed by atoms with Crippen LogP contribution in [0.4, 0.5) is 0 Å². The van der Waals surface area contributed by atoms with Gasteiger partial charge in [0.1, 0.15) is 5.69 Å². The zero-order chi connectivity index (χ0) is 12.8. The first-order valence-corrected chi connectivity index (χ1v) is 5.68. The number of hydrogen-bond acceptors (Lipinski definition) is 7. The van der Waals surface area contributed by atoms with Crippen LogP contribution in [0.15, 0.2) is 16.7 Å². The summed E-state index contributed by atoms with van der Waals surface area (Å²) in [6.45, 7) is 0.917. The fraction of sp³-hybridized carbons (Fsp3) is 0.455. The summed E-state index contributed by atoms with van der Waals surface area (Å²) in [5, 5.41) is 14.7. The molecule has 0 aliphatic heterocycles. The van der Waals surface area contributed by atoms with Crippen LogP contribution in [0.3, 0.4) is 0 Å². The second kappa shape index (κ2) is 6.06. The molecule has 0 radical (unpaired) electrons. The van der Waals surface area contributed by atoms with Crippen LogP contribution in [0, 0.1) is 0 Å². The maximum Gasteiger partial charge on any atom is 0.233 e. The van der Waals surface area contributed by atoms with E-state index in [2.05, 4.69) is 25.7 Å². The molecular weight excluding hydrogens is 234 g/mol. The molecule has 2 rings (SSSR count). The van der Waals surface area contributed by atoms with Crippen molar-refractivity contribution in [3.63, 3.8) is 0 Å². The first-order chi connectivity index (χ1) is 8.83. The van der Waals surface area contributed by atoms with Gasteiger partial charge in [-0.1, -0.05) is 5.16 Å². The average Bonchev–Trinajstić information content (AvgIpc) is 2.88. The molecule has 2 aromatic heterocycles. The molecular formula is C11H15N5O2. The number of aromatic nitrogens is 4. The second-order valence-corrected chi connectivity index (χ2v) is 3.68. The summed E-state index contributed by atoms with van der Waals surface area (Å²) < 4.78 is 10.1. The van der Waals surface area contributed by atoms with Crippen LogP contribution >= 0.6 is 0 Å². The molecule has 2 heterocycles. The molecule has 7 heteroatoms.